The van der Waals surface area contributed by atoms with E-state index < -0.39 is 0 Å². The van der Waals surface area contributed by atoms with Crippen molar-refractivity contribution in [3.63, 3.8) is 0 Å². The number of fused-ring (bicyclic) bond motifs is 1. The molecule has 1 aliphatic heterocycles. The molecule has 1 aromatic carbocycles. The summed E-state index contributed by atoms with van der Waals surface area (Å²) in [5, 5.41) is 9.10. The second-order valence-corrected chi connectivity index (χ2v) is 4.05. The molecule has 1 N–H and O–H groups in total. The standard InChI is InChI=1S/C12H15NO3/c1-8(6-14)9-3-4-11-10(5-9)13(2)12(15)7-16-11/h3-5,8,14H,6-7H2,1-2H3. The molecule has 0 aliphatic carbocycles. The maximum Gasteiger partial charge on any atom is 0.264 e. The maximum atomic E-state index is 11.5. The number of hydrogen-bond donors (Lipinski definition) is 1. The van der Waals surface area contributed by atoms with Crippen LogP contribution in [0.15, 0.2) is 18.2 Å². The molecule has 1 unspecified atom stereocenters. The van der Waals surface area contributed by atoms with E-state index in [1.165, 1.54) is 0 Å². The minimum absolute atomic E-state index is 0.0544. The van der Waals surface area contributed by atoms with Gasteiger partial charge in [0.2, 0.25) is 0 Å². The molecule has 0 radical (unpaired) electrons. The van der Waals surface area contributed by atoms with E-state index in [0.717, 1.165) is 17.0 Å². The summed E-state index contributed by atoms with van der Waals surface area (Å²) < 4.78 is 5.32. The zero-order valence-electron chi connectivity index (χ0n) is 9.43. The molecule has 0 spiro atoms. The first-order valence-electron chi connectivity index (χ1n) is 5.27. The van der Waals surface area contributed by atoms with E-state index in [2.05, 4.69) is 0 Å². The van der Waals surface area contributed by atoms with Crippen molar-refractivity contribution in [2.75, 3.05) is 25.2 Å². The highest BCUT2D eigenvalue weighted by molar-refractivity contribution is 5.97. The number of anilines is 1. The van der Waals surface area contributed by atoms with E-state index >= 15 is 0 Å². The van der Waals surface area contributed by atoms with E-state index in [1.54, 1.807) is 11.9 Å². The van der Waals surface area contributed by atoms with Gasteiger partial charge in [0.15, 0.2) is 6.61 Å². The Bertz CT molecular complexity index is 417. The van der Waals surface area contributed by atoms with Gasteiger partial charge in [-0.2, -0.15) is 0 Å². The van der Waals surface area contributed by atoms with Gasteiger partial charge in [-0.3, -0.25) is 4.79 Å². The van der Waals surface area contributed by atoms with Gasteiger partial charge in [0.1, 0.15) is 5.75 Å². The fourth-order valence-electron chi connectivity index (χ4n) is 1.70. The molecular formula is C12H15NO3. The first-order chi connectivity index (χ1) is 7.63. The van der Waals surface area contributed by atoms with Crippen LogP contribution in [0.25, 0.3) is 0 Å². The topological polar surface area (TPSA) is 49.8 Å². The molecule has 86 valence electrons. The average Bonchev–Trinajstić information content (AvgIpc) is 2.32. The second-order valence-electron chi connectivity index (χ2n) is 4.05. The number of rotatable bonds is 2. The third-order valence-corrected chi connectivity index (χ3v) is 2.91. The number of carbonyl (C=O) groups is 1. The predicted molar refractivity (Wildman–Crippen MR) is 60.8 cm³/mol. The number of likely N-dealkylation sites (N-methyl/N-ethyl adjacent to an activating group) is 1. The van der Waals surface area contributed by atoms with Crippen LogP contribution in [0.3, 0.4) is 0 Å². The largest absolute Gasteiger partial charge is 0.482 e. The Morgan fingerprint density at radius 1 is 1.56 bits per heavy atom. The predicted octanol–water partition coefficient (Wildman–Crippen LogP) is 1.14. The van der Waals surface area contributed by atoms with Gasteiger partial charge in [0, 0.05) is 19.6 Å². The maximum absolute atomic E-state index is 11.5. The molecule has 4 heteroatoms. The van der Waals surface area contributed by atoms with Crippen LogP contribution in [-0.4, -0.2) is 31.3 Å². The lowest BCUT2D eigenvalue weighted by molar-refractivity contribution is -0.120. The van der Waals surface area contributed by atoms with E-state index in [4.69, 9.17) is 9.84 Å². The van der Waals surface area contributed by atoms with Crippen LogP contribution in [0.1, 0.15) is 18.4 Å². The van der Waals surface area contributed by atoms with E-state index in [1.807, 2.05) is 25.1 Å². The van der Waals surface area contributed by atoms with Crippen LogP contribution in [-0.2, 0) is 4.79 Å². The molecule has 0 saturated carbocycles. The molecule has 1 amide bonds. The lowest BCUT2D eigenvalue weighted by Crippen LogP contribution is -2.35. The number of aliphatic hydroxyl groups excluding tert-OH is 1. The van der Waals surface area contributed by atoms with Gasteiger partial charge in [-0.15, -0.1) is 0 Å². The molecule has 16 heavy (non-hydrogen) atoms. The summed E-state index contributed by atoms with van der Waals surface area (Å²) in [4.78, 5) is 13.0. The summed E-state index contributed by atoms with van der Waals surface area (Å²) in [6.07, 6.45) is 0. The summed E-state index contributed by atoms with van der Waals surface area (Å²) in [6.45, 7) is 2.13. The summed E-state index contributed by atoms with van der Waals surface area (Å²) in [7, 11) is 1.73. The van der Waals surface area contributed by atoms with Crippen LogP contribution in [0.2, 0.25) is 0 Å². The molecule has 1 heterocycles. The number of ether oxygens (including phenoxy) is 1. The Morgan fingerprint density at radius 3 is 3.00 bits per heavy atom. The highest BCUT2D eigenvalue weighted by Crippen LogP contribution is 2.33. The monoisotopic (exact) mass is 221 g/mol. The molecule has 1 aromatic rings. The smallest absolute Gasteiger partial charge is 0.264 e. The highest BCUT2D eigenvalue weighted by Gasteiger charge is 2.22. The van der Waals surface area contributed by atoms with Gasteiger partial charge in [0.05, 0.1) is 5.69 Å². The zero-order valence-corrected chi connectivity index (χ0v) is 9.43. The van der Waals surface area contributed by atoms with Crippen LogP contribution < -0.4 is 9.64 Å². The van der Waals surface area contributed by atoms with Crippen molar-refractivity contribution in [1.29, 1.82) is 0 Å². The van der Waals surface area contributed by atoms with Gasteiger partial charge in [0.25, 0.3) is 5.91 Å². The molecule has 1 aliphatic rings. The van der Waals surface area contributed by atoms with Gasteiger partial charge in [-0.1, -0.05) is 13.0 Å². The third-order valence-electron chi connectivity index (χ3n) is 2.91. The zero-order chi connectivity index (χ0) is 11.7. The Labute approximate surface area is 94.4 Å². The average molecular weight is 221 g/mol. The molecule has 2 rings (SSSR count). The van der Waals surface area contributed by atoms with E-state index in [9.17, 15) is 4.79 Å². The van der Waals surface area contributed by atoms with Crippen LogP contribution in [0.5, 0.6) is 5.75 Å². The molecular weight excluding hydrogens is 206 g/mol. The highest BCUT2D eigenvalue weighted by atomic mass is 16.5. The fraction of sp³-hybridized carbons (Fsp3) is 0.417. The van der Waals surface area contributed by atoms with Crippen molar-refractivity contribution in [3.8, 4) is 5.75 Å². The number of nitrogens with zero attached hydrogens (tertiary/aromatic N) is 1. The number of carbonyl (C=O) groups excluding carboxylic acids is 1. The number of hydrogen-bond acceptors (Lipinski definition) is 3. The second kappa shape index (κ2) is 4.14. The van der Waals surface area contributed by atoms with Crippen molar-refractivity contribution in [2.45, 2.75) is 12.8 Å². The lowest BCUT2D eigenvalue weighted by atomic mass is 10.0. The molecule has 4 nitrogen and oxygen atoms in total. The summed E-state index contributed by atoms with van der Waals surface area (Å²) >= 11 is 0. The number of amides is 1. The molecule has 0 saturated heterocycles. The normalized spacial score (nSPS) is 16.7. The fourth-order valence-corrected chi connectivity index (χ4v) is 1.70. The van der Waals surface area contributed by atoms with Crippen LogP contribution in [0.4, 0.5) is 5.69 Å². The van der Waals surface area contributed by atoms with E-state index in [0.29, 0.717) is 0 Å². The first kappa shape index (κ1) is 11.0. The van der Waals surface area contributed by atoms with E-state index in [-0.39, 0.29) is 25.0 Å². The molecule has 0 aromatic heterocycles. The van der Waals surface area contributed by atoms with Crippen LogP contribution in [0, 0.1) is 0 Å². The van der Waals surface area contributed by atoms with Crippen molar-refractivity contribution >= 4 is 11.6 Å². The number of aliphatic hydroxyl groups is 1. The van der Waals surface area contributed by atoms with Gasteiger partial charge < -0.3 is 14.7 Å². The quantitative estimate of drug-likeness (QED) is 0.814. The summed E-state index contributed by atoms with van der Waals surface area (Å²) in [5.74, 6) is 0.730. The third kappa shape index (κ3) is 1.76. The Kier molecular flexibility index (Phi) is 2.83. The molecule has 1 atom stereocenters. The molecule has 0 fully saturated rings. The Balaban J connectivity index is 2.40. The lowest BCUT2D eigenvalue weighted by Gasteiger charge is -2.27. The summed E-state index contributed by atoms with van der Waals surface area (Å²) in [5.41, 5.74) is 1.78. The van der Waals surface area contributed by atoms with Crippen LogP contribution >= 0.6 is 0 Å². The van der Waals surface area contributed by atoms with Crippen molar-refractivity contribution in [2.24, 2.45) is 0 Å². The minimum atomic E-state index is -0.0544. The Morgan fingerprint density at radius 2 is 2.31 bits per heavy atom. The summed E-state index contributed by atoms with van der Waals surface area (Å²) in [6, 6.07) is 5.66. The first-order valence-corrected chi connectivity index (χ1v) is 5.27. The number of benzene rings is 1. The SMILES string of the molecule is CC(CO)c1ccc2c(c1)N(C)C(=O)CO2. The van der Waals surface area contributed by atoms with Gasteiger partial charge in [-0.05, 0) is 17.7 Å². The van der Waals surface area contributed by atoms with Gasteiger partial charge >= 0.3 is 0 Å². The Hall–Kier alpha value is -1.55. The van der Waals surface area contributed by atoms with Crippen molar-refractivity contribution < 1.29 is 14.6 Å². The molecule has 0 bridgehead atoms. The van der Waals surface area contributed by atoms with Crippen molar-refractivity contribution in [3.05, 3.63) is 23.8 Å². The minimum Gasteiger partial charge on any atom is -0.482 e. The van der Waals surface area contributed by atoms with Crippen molar-refractivity contribution in [1.82, 2.24) is 0 Å². The van der Waals surface area contributed by atoms with Gasteiger partial charge in [-0.25, -0.2) is 0 Å².